The van der Waals surface area contributed by atoms with Gasteiger partial charge in [-0.3, -0.25) is 0 Å². The van der Waals surface area contributed by atoms with Crippen molar-refractivity contribution in [1.82, 2.24) is 0 Å². The average molecular weight is 329 g/mol. The van der Waals surface area contributed by atoms with Crippen LogP contribution >= 0.6 is 27.3 Å². The van der Waals surface area contributed by atoms with Gasteiger partial charge in [0.15, 0.2) is 0 Å². The highest BCUT2D eigenvalue weighted by Gasteiger charge is 2.00. The molecule has 2 heteroatoms. The second kappa shape index (κ2) is 5.72. The van der Waals surface area contributed by atoms with Crippen LogP contribution in [0, 0.1) is 0 Å². The standard InChI is InChI=1S/C17H13BrS/c18-11-13-1-3-14(4-2-13)15-5-7-16(8-6-15)17-9-10-19-12-17/h1-10,12H,11H2. The van der Waals surface area contributed by atoms with E-state index in [2.05, 4.69) is 81.3 Å². The van der Waals surface area contributed by atoms with Crippen molar-refractivity contribution in [3.05, 3.63) is 70.9 Å². The molecule has 0 saturated heterocycles. The van der Waals surface area contributed by atoms with Crippen LogP contribution in [0.3, 0.4) is 0 Å². The lowest BCUT2D eigenvalue weighted by Gasteiger charge is -2.04. The van der Waals surface area contributed by atoms with Gasteiger partial charge in [-0.2, -0.15) is 11.3 Å². The predicted molar refractivity (Wildman–Crippen MR) is 87.8 cm³/mol. The molecular formula is C17H13BrS. The molecule has 3 aromatic rings. The van der Waals surface area contributed by atoms with Crippen molar-refractivity contribution in [3.8, 4) is 22.3 Å². The number of thiophene rings is 1. The number of alkyl halides is 1. The fourth-order valence-electron chi connectivity index (χ4n) is 2.07. The second-order valence-corrected chi connectivity index (χ2v) is 5.76. The number of hydrogen-bond acceptors (Lipinski definition) is 1. The minimum Gasteiger partial charge on any atom is -0.152 e. The molecule has 0 spiro atoms. The third-order valence-corrected chi connectivity index (χ3v) is 4.51. The number of rotatable bonds is 3. The van der Waals surface area contributed by atoms with Crippen LogP contribution < -0.4 is 0 Å². The van der Waals surface area contributed by atoms with E-state index in [4.69, 9.17) is 0 Å². The van der Waals surface area contributed by atoms with Gasteiger partial charge >= 0.3 is 0 Å². The Balaban J connectivity index is 1.89. The molecule has 0 aliphatic heterocycles. The second-order valence-electron chi connectivity index (χ2n) is 4.42. The third kappa shape index (κ3) is 2.80. The van der Waals surface area contributed by atoms with Crippen LogP contribution in [0.25, 0.3) is 22.3 Å². The first-order chi connectivity index (χ1) is 9.36. The van der Waals surface area contributed by atoms with Crippen molar-refractivity contribution >= 4 is 27.3 Å². The van der Waals surface area contributed by atoms with Crippen LogP contribution in [0.2, 0.25) is 0 Å². The Hall–Kier alpha value is -1.38. The van der Waals surface area contributed by atoms with Crippen molar-refractivity contribution < 1.29 is 0 Å². The Morgan fingerprint density at radius 2 is 1.21 bits per heavy atom. The Kier molecular flexibility index (Phi) is 3.81. The van der Waals surface area contributed by atoms with Crippen LogP contribution in [-0.2, 0) is 5.33 Å². The van der Waals surface area contributed by atoms with Gasteiger partial charge in [0.05, 0.1) is 0 Å². The lowest BCUT2D eigenvalue weighted by atomic mass is 10.0. The number of halogens is 1. The molecule has 2 aromatic carbocycles. The van der Waals surface area contributed by atoms with E-state index in [9.17, 15) is 0 Å². The summed E-state index contributed by atoms with van der Waals surface area (Å²) in [7, 11) is 0. The Morgan fingerprint density at radius 1 is 0.684 bits per heavy atom. The third-order valence-electron chi connectivity index (χ3n) is 3.18. The molecule has 0 aliphatic rings. The molecule has 0 bridgehead atoms. The normalized spacial score (nSPS) is 10.6. The predicted octanol–water partition coefficient (Wildman–Crippen LogP) is 5.98. The maximum atomic E-state index is 3.47. The molecule has 0 atom stereocenters. The molecule has 0 aliphatic carbocycles. The largest absolute Gasteiger partial charge is 0.152 e. The number of hydrogen-bond donors (Lipinski definition) is 0. The highest BCUT2D eigenvalue weighted by Crippen LogP contribution is 2.26. The maximum absolute atomic E-state index is 3.47. The molecule has 0 saturated carbocycles. The Morgan fingerprint density at radius 3 is 1.68 bits per heavy atom. The molecule has 0 N–H and O–H groups in total. The molecule has 0 fully saturated rings. The summed E-state index contributed by atoms with van der Waals surface area (Å²) in [6.45, 7) is 0. The van der Waals surface area contributed by atoms with E-state index >= 15 is 0 Å². The summed E-state index contributed by atoms with van der Waals surface area (Å²) in [5, 5.41) is 5.20. The van der Waals surface area contributed by atoms with Crippen LogP contribution in [0.15, 0.2) is 65.4 Å². The summed E-state index contributed by atoms with van der Waals surface area (Å²) in [5.41, 5.74) is 6.41. The molecule has 0 unspecified atom stereocenters. The maximum Gasteiger partial charge on any atom is 0.0283 e. The molecule has 94 valence electrons. The van der Waals surface area contributed by atoms with Gasteiger partial charge in [0.25, 0.3) is 0 Å². The summed E-state index contributed by atoms with van der Waals surface area (Å²) in [6.07, 6.45) is 0. The van der Waals surface area contributed by atoms with Crippen LogP contribution in [-0.4, -0.2) is 0 Å². The lowest BCUT2D eigenvalue weighted by Crippen LogP contribution is -1.81. The lowest BCUT2D eigenvalue weighted by molar-refractivity contribution is 1.44. The fourth-order valence-corrected chi connectivity index (χ4v) is 3.11. The van der Waals surface area contributed by atoms with E-state index in [0.717, 1.165) is 5.33 Å². The molecule has 1 heterocycles. The number of benzene rings is 2. The van der Waals surface area contributed by atoms with E-state index in [0.29, 0.717) is 0 Å². The summed E-state index contributed by atoms with van der Waals surface area (Å²) in [5.74, 6) is 0. The van der Waals surface area contributed by atoms with Gasteiger partial charge in [-0.15, -0.1) is 0 Å². The molecule has 0 amide bonds. The highest BCUT2D eigenvalue weighted by atomic mass is 79.9. The van der Waals surface area contributed by atoms with Crippen LogP contribution in [0.4, 0.5) is 0 Å². The van der Waals surface area contributed by atoms with E-state index < -0.39 is 0 Å². The van der Waals surface area contributed by atoms with Gasteiger partial charge in [-0.05, 0) is 44.6 Å². The van der Waals surface area contributed by atoms with E-state index in [1.54, 1.807) is 11.3 Å². The van der Waals surface area contributed by atoms with Crippen molar-refractivity contribution in [2.45, 2.75) is 5.33 Å². The minimum atomic E-state index is 0.907. The topological polar surface area (TPSA) is 0 Å². The monoisotopic (exact) mass is 328 g/mol. The fraction of sp³-hybridized carbons (Fsp3) is 0.0588. The van der Waals surface area contributed by atoms with Crippen molar-refractivity contribution in [2.24, 2.45) is 0 Å². The van der Waals surface area contributed by atoms with Crippen LogP contribution in [0.5, 0.6) is 0 Å². The zero-order chi connectivity index (χ0) is 13.1. The van der Waals surface area contributed by atoms with E-state index in [-0.39, 0.29) is 0 Å². The molecular weight excluding hydrogens is 316 g/mol. The van der Waals surface area contributed by atoms with E-state index in [1.807, 2.05) is 0 Å². The quantitative estimate of drug-likeness (QED) is 0.519. The molecule has 19 heavy (non-hydrogen) atoms. The van der Waals surface area contributed by atoms with Gasteiger partial charge in [0.1, 0.15) is 0 Å². The van der Waals surface area contributed by atoms with Crippen molar-refractivity contribution in [2.75, 3.05) is 0 Å². The summed E-state index contributed by atoms with van der Waals surface area (Å²) in [6, 6.07) is 19.6. The first-order valence-electron chi connectivity index (χ1n) is 6.15. The van der Waals surface area contributed by atoms with Gasteiger partial charge in [-0.1, -0.05) is 64.5 Å². The molecule has 1 aromatic heterocycles. The first kappa shape index (κ1) is 12.6. The molecule has 0 nitrogen and oxygen atoms in total. The van der Waals surface area contributed by atoms with Gasteiger partial charge < -0.3 is 0 Å². The van der Waals surface area contributed by atoms with E-state index in [1.165, 1.54) is 27.8 Å². The minimum absolute atomic E-state index is 0.907. The van der Waals surface area contributed by atoms with Gasteiger partial charge in [-0.25, -0.2) is 0 Å². The molecule has 3 rings (SSSR count). The Labute approximate surface area is 125 Å². The Bertz CT molecular complexity index is 637. The van der Waals surface area contributed by atoms with Crippen molar-refractivity contribution in [1.29, 1.82) is 0 Å². The SMILES string of the molecule is BrCc1ccc(-c2ccc(-c3ccsc3)cc2)cc1. The zero-order valence-corrected chi connectivity index (χ0v) is 12.7. The average Bonchev–Trinajstić information content (AvgIpc) is 3.02. The smallest absolute Gasteiger partial charge is 0.0283 e. The highest BCUT2D eigenvalue weighted by molar-refractivity contribution is 9.08. The summed E-state index contributed by atoms with van der Waals surface area (Å²) >= 11 is 5.21. The van der Waals surface area contributed by atoms with Gasteiger partial charge in [0, 0.05) is 5.33 Å². The van der Waals surface area contributed by atoms with Gasteiger partial charge in [0.2, 0.25) is 0 Å². The molecule has 0 radical (unpaired) electrons. The summed E-state index contributed by atoms with van der Waals surface area (Å²) in [4.78, 5) is 0. The van der Waals surface area contributed by atoms with Crippen LogP contribution in [0.1, 0.15) is 5.56 Å². The summed E-state index contributed by atoms with van der Waals surface area (Å²) < 4.78 is 0. The van der Waals surface area contributed by atoms with Crippen molar-refractivity contribution in [3.63, 3.8) is 0 Å². The first-order valence-corrected chi connectivity index (χ1v) is 8.21. The zero-order valence-electron chi connectivity index (χ0n) is 10.3.